The molecule has 2 amide bonds. The van der Waals surface area contributed by atoms with Crippen LogP contribution >= 0.6 is 0 Å². The molecule has 4 aliphatic rings. The van der Waals surface area contributed by atoms with Crippen molar-refractivity contribution in [2.24, 2.45) is 23.3 Å². The molecule has 6 aromatic rings. The van der Waals surface area contributed by atoms with Crippen molar-refractivity contribution in [1.82, 2.24) is 49.8 Å². The molecule has 20 heteroatoms. The minimum atomic E-state index is -0.550. The largest absolute Gasteiger partial charge is 0.370 e. The van der Waals surface area contributed by atoms with Gasteiger partial charge in [-0.3, -0.25) is 9.59 Å². The van der Waals surface area contributed by atoms with E-state index < -0.39 is 5.95 Å². The summed E-state index contributed by atoms with van der Waals surface area (Å²) in [4.78, 5) is 75.1. The number of fused-ring (bicyclic) bond motifs is 2. The molecule has 10 heterocycles. The highest BCUT2D eigenvalue weighted by Gasteiger charge is 2.33. The van der Waals surface area contributed by atoms with Gasteiger partial charge in [0, 0.05) is 130 Å². The summed E-state index contributed by atoms with van der Waals surface area (Å²) < 4.78 is 29.0. The second kappa shape index (κ2) is 17.8. The maximum atomic E-state index is 14.5. The van der Waals surface area contributed by atoms with Crippen LogP contribution in [0.2, 0.25) is 0 Å². The van der Waals surface area contributed by atoms with Crippen molar-refractivity contribution in [2.75, 3.05) is 58.9 Å². The Morgan fingerprint density at radius 1 is 0.578 bits per heavy atom. The van der Waals surface area contributed by atoms with Crippen molar-refractivity contribution in [1.29, 1.82) is 0 Å². The van der Waals surface area contributed by atoms with Gasteiger partial charge in [-0.25, -0.2) is 54.2 Å². The maximum absolute atomic E-state index is 14.5. The standard InChI is InChI=1S/2C22H23FN8O/c1-13-16-11-27-22(21-25-5-2-6-26-21)28-17(16)4-8-31(13)19-10-15(9-18(23)29-19)30-7-3-14(12-30)20(24)32;1-13-16-11-27-22(21-25-5-2-6-26-21)28-17(16)4-8-31(13)19-10-15(23)9-18(29-19)30-7-3-14(12-30)20(24)32/h2*2,5-6,9-11,13-14H,3-4,7-8,12H2,1H3,(H2,24,32). The van der Waals surface area contributed by atoms with Crippen molar-refractivity contribution in [3.05, 3.63) is 108 Å². The fourth-order valence-electron chi connectivity index (χ4n) is 8.80. The molecule has 328 valence electrons. The third-order valence-corrected chi connectivity index (χ3v) is 12.3. The first-order valence-corrected chi connectivity index (χ1v) is 21.2. The van der Waals surface area contributed by atoms with Gasteiger partial charge in [0.1, 0.15) is 23.3 Å². The van der Waals surface area contributed by atoms with Crippen molar-refractivity contribution >= 4 is 35.0 Å². The summed E-state index contributed by atoms with van der Waals surface area (Å²) in [6, 6.07) is 9.47. The van der Waals surface area contributed by atoms with Gasteiger partial charge in [-0.1, -0.05) is 0 Å². The predicted molar refractivity (Wildman–Crippen MR) is 232 cm³/mol. The third-order valence-electron chi connectivity index (χ3n) is 12.3. The van der Waals surface area contributed by atoms with E-state index in [0.29, 0.717) is 111 Å². The van der Waals surface area contributed by atoms with E-state index in [2.05, 4.69) is 54.7 Å². The molecule has 0 aliphatic carbocycles. The summed E-state index contributed by atoms with van der Waals surface area (Å²) in [6.07, 6.45) is 12.9. The number of rotatable bonds is 8. The number of hydrogen-bond acceptors (Lipinski definition) is 16. The first-order valence-electron chi connectivity index (χ1n) is 21.2. The number of nitrogens with two attached hydrogens (primary N) is 2. The molecule has 64 heavy (non-hydrogen) atoms. The number of carbonyl (C=O) groups is 2. The molecule has 4 unspecified atom stereocenters. The lowest BCUT2D eigenvalue weighted by atomic mass is 9.99. The van der Waals surface area contributed by atoms with Crippen LogP contribution in [0.25, 0.3) is 23.3 Å². The first kappa shape index (κ1) is 41.9. The molecule has 0 radical (unpaired) electrons. The summed E-state index contributed by atoms with van der Waals surface area (Å²) in [7, 11) is 0. The van der Waals surface area contributed by atoms with Crippen LogP contribution in [0, 0.1) is 23.6 Å². The first-order chi connectivity index (χ1) is 31.0. The summed E-state index contributed by atoms with van der Waals surface area (Å²) in [6.45, 7) is 7.58. The Kier molecular flexibility index (Phi) is 11.6. The maximum Gasteiger partial charge on any atom is 0.222 e. The zero-order chi connectivity index (χ0) is 44.5. The Balaban J connectivity index is 0.000000162. The van der Waals surface area contributed by atoms with Crippen LogP contribution in [-0.4, -0.2) is 101 Å². The van der Waals surface area contributed by atoms with Crippen LogP contribution in [0.1, 0.15) is 61.3 Å². The van der Waals surface area contributed by atoms with E-state index in [1.54, 1.807) is 49.3 Å². The fourth-order valence-corrected chi connectivity index (χ4v) is 8.80. The summed E-state index contributed by atoms with van der Waals surface area (Å²) >= 11 is 0. The molecule has 2 fully saturated rings. The van der Waals surface area contributed by atoms with Gasteiger partial charge in [-0.15, -0.1) is 0 Å². The topological polar surface area (TPSA) is 228 Å². The van der Waals surface area contributed by atoms with E-state index in [1.165, 1.54) is 18.2 Å². The van der Waals surface area contributed by atoms with Crippen LogP contribution < -0.4 is 31.1 Å². The molecule has 6 aromatic heterocycles. The number of carbonyl (C=O) groups excluding carboxylic acids is 2. The van der Waals surface area contributed by atoms with Gasteiger partial charge in [0.2, 0.25) is 17.8 Å². The van der Waals surface area contributed by atoms with Gasteiger partial charge in [0.25, 0.3) is 0 Å². The van der Waals surface area contributed by atoms with Gasteiger partial charge in [0.05, 0.1) is 35.3 Å². The molecule has 4 N–H and O–H groups in total. The van der Waals surface area contributed by atoms with Gasteiger partial charge in [0.15, 0.2) is 23.3 Å². The molecule has 4 atom stereocenters. The molecule has 0 bridgehead atoms. The van der Waals surface area contributed by atoms with E-state index in [-0.39, 0.29) is 41.6 Å². The van der Waals surface area contributed by atoms with E-state index in [0.717, 1.165) is 22.5 Å². The van der Waals surface area contributed by atoms with Gasteiger partial charge >= 0.3 is 0 Å². The molecule has 0 spiro atoms. The monoisotopic (exact) mass is 868 g/mol. The molecule has 4 aliphatic heterocycles. The average molecular weight is 869 g/mol. The number of hydrogen-bond donors (Lipinski definition) is 2. The number of aromatic nitrogens is 10. The highest BCUT2D eigenvalue weighted by Crippen LogP contribution is 2.36. The van der Waals surface area contributed by atoms with Crippen LogP contribution in [-0.2, 0) is 22.4 Å². The number of anilines is 4. The van der Waals surface area contributed by atoms with E-state index >= 15 is 0 Å². The van der Waals surface area contributed by atoms with Gasteiger partial charge < -0.3 is 31.1 Å². The number of amides is 2. The Morgan fingerprint density at radius 2 is 1.06 bits per heavy atom. The molecular weight excluding hydrogens is 823 g/mol. The van der Waals surface area contributed by atoms with Gasteiger partial charge in [-0.05, 0) is 38.8 Å². The Bertz CT molecular complexity index is 2500. The molecule has 10 rings (SSSR count). The Labute approximate surface area is 367 Å². The van der Waals surface area contributed by atoms with E-state index in [9.17, 15) is 18.4 Å². The SMILES string of the molecule is CC1c2cnc(-c3ncccn3)nc2CCN1c1cc(F)cc(N2CCC(C(N)=O)C2)n1.CC1c2cnc(-c3ncccn3)nc2CCN1c1cc(N2CCC(C(N)=O)C2)cc(F)n1. The highest BCUT2D eigenvalue weighted by molar-refractivity contribution is 5.79. The second-order valence-electron chi connectivity index (χ2n) is 16.3. The zero-order valence-corrected chi connectivity index (χ0v) is 35.3. The smallest absolute Gasteiger partial charge is 0.222 e. The zero-order valence-electron chi connectivity index (χ0n) is 35.3. The molecular formula is C44H46F2N16O2. The van der Waals surface area contributed by atoms with Crippen LogP contribution in [0.5, 0.6) is 0 Å². The lowest BCUT2D eigenvalue weighted by Crippen LogP contribution is -2.36. The van der Waals surface area contributed by atoms with Crippen LogP contribution in [0.3, 0.4) is 0 Å². The Morgan fingerprint density at radius 3 is 1.58 bits per heavy atom. The number of primary amides is 2. The Hall–Kier alpha value is -7.38. The predicted octanol–water partition coefficient (Wildman–Crippen LogP) is 3.81. The summed E-state index contributed by atoms with van der Waals surface area (Å²) in [5, 5.41) is 0. The lowest BCUT2D eigenvalue weighted by Gasteiger charge is -2.36. The third kappa shape index (κ3) is 8.67. The second-order valence-corrected chi connectivity index (χ2v) is 16.3. The van der Waals surface area contributed by atoms with Crippen LogP contribution in [0.4, 0.5) is 31.9 Å². The number of pyridine rings is 2. The van der Waals surface area contributed by atoms with Crippen molar-refractivity contribution in [3.63, 3.8) is 0 Å². The van der Waals surface area contributed by atoms with Gasteiger partial charge in [-0.2, -0.15) is 4.39 Å². The normalized spacial score (nSPS) is 20.3. The minimum absolute atomic E-state index is 0.0800. The number of halogens is 2. The minimum Gasteiger partial charge on any atom is -0.370 e. The lowest BCUT2D eigenvalue weighted by molar-refractivity contribution is -0.121. The van der Waals surface area contributed by atoms with E-state index in [1.807, 2.05) is 29.7 Å². The van der Waals surface area contributed by atoms with Crippen molar-refractivity contribution in [2.45, 2.75) is 51.6 Å². The molecule has 2 saturated heterocycles. The van der Waals surface area contributed by atoms with E-state index in [4.69, 9.17) is 16.5 Å². The summed E-state index contributed by atoms with van der Waals surface area (Å²) in [5.74, 6) is 1.59. The van der Waals surface area contributed by atoms with Crippen LogP contribution in [0.15, 0.2) is 73.6 Å². The summed E-state index contributed by atoms with van der Waals surface area (Å²) in [5.41, 5.74) is 15.4. The van der Waals surface area contributed by atoms with Crippen molar-refractivity contribution in [3.8, 4) is 23.3 Å². The quantitative estimate of drug-likeness (QED) is 0.207. The molecule has 18 nitrogen and oxygen atoms in total. The number of nitrogens with zero attached hydrogens (tertiary/aromatic N) is 14. The molecule has 0 aromatic carbocycles. The fraction of sp³-hybridized carbons (Fsp3) is 0.364. The molecule has 0 saturated carbocycles. The average Bonchev–Trinajstić information content (AvgIpc) is 4.02. The highest BCUT2D eigenvalue weighted by atomic mass is 19.1. The van der Waals surface area contributed by atoms with Crippen molar-refractivity contribution < 1.29 is 18.4 Å².